The minimum Gasteiger partial charge on any atom is -0.398 e. The van der Waals surface area contributed by atoms with Crippen molar-refractivity contribution in [1.82, 2.24) is 4.57 Å². The average molecular weight is 275 g/mol. The molecule has 0 radical (unpaired) electrons. The molecule has 1 aliphatic heterocycles. The van der Waals surface area contributed by atoms with E-state index in [1.165, 1.54) is 0 Å². The van der Waals surface area contributed by atoms with E-state index in [-0.39, 0.29) is 5.56 Å². The highest BCUT2D eigenvalue weighted by Gasteiger charge is 2.19. The molecule has 0 amide bonds. The van der Waals surface area contributed by atoms with Crippen LogP contribution in [0.4, 0.5) is 5.69 Å². The van der Waals surface area contributed by atoms with Crippen LogP contribution < -0.4 is 11.3 Å². The summed E-state index contributed by atoms with van der Waals surface area (Å²) in [7, 11) is 0. The second-order valence-corrected chi connectivity index (χ2v) is 5.36. The number of thioether (sulfide) groups is 1. The number of halogens is 1. The molecule has 2 heterocycles. The smallest absolute Gasteiger partial charge is 0.265 e. The summed E-state index contributed by atoms with van der Waals surface area (Å²) in [4.78, 5) is 11.8. The fraction of sp³-hybridized carbons (Fsp3) is 0.444. The van der Waals surface area contributed by atoms with E-state index in [1.54, 1.807) is 16.8 Å². The van der Waals surface area contributed by atoms with Gasteiger partial charge in [-0.25, -0.2) is 0 Å². The predicted molar refractivity (Wildman–Crippen MR) is 63.8 cm³/mol. The van der Waals surface area contributed by atoms with E-state index in [0.717, 1.165) is 17.9 Å². The summed E-state index contributed by atoms with van der Waals surface area (Å²) in [5.74, 6) is 2.14. The largest absolute Gasteiger partial charge is 0.398 e. The van der Waals surface area contributed by atoms with Crippen molar-refractivity contribution >= 4 is 33.4 Å². The quantitative estimate of drug-likeness (QED) is 0.851. The van der Waals surface area contributed by atoms with Gasteiger partial charge in [0.2, 0.25) is 0 Å². The van der Waals surface area contributed by atoms with E-state index in [4.69, 9.17) is 5.73 Å². The fourth-order valence-electron chi connectivity index (χ4n) is 1.60. The van der Waals surface area contributed by atoms with Gasteiger partial charge in [-0.05, 0) is 34.2 Å². The zero-order valence-corrected chi connectivity index (χ0v) is 9.97. The molecule has 0 aliphatic carbocycles. The lowest BCUT2D eigenvalue weighted by molar-refractivity contribution is 0.541. The molecule has 0 saturated carbocycles. The highest BCUT2D eigenvalue weighted by atomic mass is 79.9. The van der Waals surface area contributed by atoms with Crippen LogP contribution in [0.1, 0.15) is 12.5 Å². The Morgan fingerprint density at radius 2 is 2.43 bits per heavy atom. The molecule has 1 aromatic rings. The second kappa shape index (κ2) is 3.98. The van der Waals surface area contributed by atoms with Gasteiger partial charge in [0.1, 0.15) is 0 Å². The van der Waals surface area contributed by atoms with Crippen LogP contribution in [0.5, 0.6) is 0 Å². The monoisotopic (exact) mass is 274 g/mol. The summed E-state index contributed by atoms with van der Waals surface area (Å²) in [6, 6.07) is 1.97. The highest BCUT2D eigenvalue weighted by Crippen LogP contribution is 2.27. The fourth-order valence-corrected chi connectivity index (χ4v) is 3.27. The van der Waals surface area contributed by atoms with Gasteiger partial charge in [0.25, 0.3) is 5.56 Å². The van der Waals surface area contributed by atoms with Gasteiger partial charge in [0.15, 0.2) is 0 Å². The number of hydrogen-bond acceptors (Lipinski definition) is 3. The minimum absolute atomic E-state index is 0.0201. The van der Waals surface area contributed by atoms with Crippen LogP contribution in [0.2, 0.25) is 0 Å². The average Bonchev–Trinajstić information content (AvgIpc) is 2.63. The van der Waals surface area contributed by atoms with Gasteiger partial charge in [-0.3, -0.25) is 4.79 Å². The van der Waals surface area contributed by atoms with Gasteiger partial charge >= 0.3 is 0 Å². The Bertz CT molecular complexity index is 398. The SMILES string of the molecule is Nc1cc(Br)c(=O)n(C2CCSC2)c1. The van der Waals surface area contributed by atoms with Crippen LogP contribution in [-0.2, 0) is 0 Å². The molecule has 0 bridgehead atoms. The van der Waals surface area contributed by atoms with Crippen molar-refractivity contribution < 1.29 is 0 Å². The van der Waals surface area contributed by atoms with E-state index in [2.05, 4.69) is 15.9 Å². The molecular formula is C9H11BrN2OS. The number of nitrogen functional groups attached to an aromatic ring is 1. The van der Waals surface area contributed by atoms with Crippen molar-refractivity contribution in [2.75, 3.05) is 17.2 Å². The molecule has 1 fully saturated rings. The van der Waals surface area contributed by atoms with E-state index in [9.17, 15) is 4.79 Å². The molecule has 5 heteroatoms. The summed E-state index contributed by atoms with van der Waals surface area (Å²) in [6.45, 7) is 0. The summed E-state index contributed by atoms with van der Waals surface area (Å²) in [5.41, 5.74) is 6.35. The number of nitrogens with zero attached hydrogens (tertiary/aromatic N) is 1. The molecule has 1 atom stereocenters. The lowest BCUT2D eigenvalue weighted by atomic mass is 10.2. The van der Waals surface area contributed by atoms with Gasteiger partial charge in [-0.2, -0.15) is 11.8 Å². The first-order valence-corrected chi connectivity index (χ1v) is 6.38. The van der Waals surface area contributed by atoms with Crippen LogP contribution in [-0.4, -0.2) is 16.1 Å². The van der Waals surface area contributed by atoms with Crippen LogP contribution in [0.15, 0.2) is 21.5 Å². The second-order valence-electron chi connectivity index (χ2n) is 3.35. The van der Waals surface area contributed by atoms with Crippen LogP contribution in [0.3, 0.4) is 0 Å². The van der Waals surface area contributed by atoms with Gasteiger partial charge in [0.05, 0.1) is 4.47 Å². The van der Waals surface area contributed by atoms with Crippen LogP contribution in [0, 0.1) is 0 Å². The number of rotatable bonds is 1. The molecule has 1 saturated heterocycles. The normalized spacial score (nSPS) is 21.4. The molecule has 2 rings (SSSR count). The van der Waals surface area contributed by atoms with E-state index in [1.807, 2.05) is 11.8 Å². The first-order chi connectivity index (χ1) is 6.68. The molecule has 3 nitrogen and oxygen atoms in total. The molecule has 0 aromatic carbocycles. The molecule has 76 valence electrons. The topological polar surface area (TPSA) is 48.0 Å². The van der Waals surface area contributed by atoms with Gasteiger partial charge in [-0.1, -0.05) is 0 Å². The maximum Gasteiger partial charge on any atom is 0.265 e. The lowest BCUT2D eigenvalue weighted by Crippen LogP contribution is -2.25. The van der Waals surface area contributed by atoms with Gasteiger partial charge in [-0.15, -0.1) is 0 Å². The number of aromatic nitrogens is 1. The number of pyridine rings is 1. The third-order valence-electron chi connectivity index (χ3n) is 2.32. The molecule has 2 N–H and O–H groups in total. The van der Waals surface area contributed by atoms with Crippen molar-refractivity contribution in [1.29, 1.82) is 0 Å². The molecule has 1 aliphatic rings. The summed E-state index contributed by atoms with van der Waals surface area (Å²) in [5, 5.41) is 0. The van der Waals surface area contributed by atoms with Crippen LogP contribution >= 0.6 is 27.7 Å². The van der Waals surface area contributed by atoms with E-state index < -0.39 is 0 Å². The summed E-state index contributed by atoms with van der Waals surface area (Å²) < 4.78 is 2.30. The lowest BCUT2D eigenvalue weighted by Gasteiger charge is -2.13. The first kappa shape index (κ1) is 10.1. The number of hydrogen-bond donors (Lipinski definition) is 1. The Labute approximate surface area is 94.8 Å². The predicted octanol–water partition coefficient (Wildman–Crippen LogP) is 1.87. The minimum atomic E-state index is 0.0201. The van der Waals surface area contributed by atoms with Crippen molar-refractivity contribution in [2.45, 2.75) is 12.5 Å². The third kappa shape index (κ3) is 1.83. The Morgan fingerprint density at radius 1 is 1.64 bits per heavy atom. The van der Waals surface area contributed by atoms with E-state index in [0.29, 0.717) is 16.2 Å². The number of anilines is 1. The maximum atomic E-state index is 11.8. The Balaban J connectivity index is 2.46. The summed E-state index contributed by atoms with van der Waals surface area (Å²) in [6.07, 6.45) is 2.80. The Hall–Kier alpha value is -0.420. The standard InChI is InChI=1S/C9H11BrN2OS/c10-8-3-6(11)4-12(9(8)13)7-1-2-14-5-7/h3-4,7H,1-2,5,11H2. The van der Waals surface area contributed by atoms with Crippen LogP contribution in [0.25, 0.3) is 0 Å². The van der Waals surface area contributed by atoms with Crippen molar-refractivity contribution in [3.05, 3.63) is 27.1 Å². The third-order valence-corrected chi connectivity index (χ3v) is 4.03. The summed E-state index contributed by atoms with van der Waals surface area (Å²) >= 11 is 5.11. The van der Waals surface area contributed by atoms with Crippen molar-refractivity contribution in [3.63, 3.8) is 0 Å². The van der Waals surface area contributed by atoms with Gasteiger partial charge in [0, 0.05) is 23.7 Å². The molecule has 1 aromatic heterocycles. The molecule has 1 unspecified atom stereocenters. The van der Waals surface area contributed by atoms with Crippen molar-refractivity contribution in [3.8, 4) is 0 Å². The zero-order chi connectivity index (χ0) is 10.1. The molecule has 0 spiro atoms. The molecule has 14 heavy (non-hydrogen) atoms. The number of nitrogens with two attached hydrogens (primary N) is 1. The zero-order valence-electron chi connectivity index (χ0n) is 7.57. The van der Waals surface area contributed by atoms with Crippen molar-refractivity contribution in [2.24, 2.45) is 0 Å². The van der Waals surface area contributed by atoms with Gasteiger partial charge < -0.3 is 10.3 Å². The Kier molecular flexibility index (Phi) is 2.88. The maximum absolute atomic E-state index is 11.8. The van der Waals surface area contributed by atoms with E-state index >= 15 is 0 Å². The first-order valence-electron chi connectivity index (χ1n) is 4.43. The molecular weight excluding hydrogens is 264 g/mol. The Morgan fingerprint density at radius 3 is 3.07 bits per heavy atom. The highest BCUT2D eigenvalue weighted by molar-refractivity contribution is 9.10.